The number of aromatic nitrogens is 2. The third kappa shape index (κ3) is 1.88. The van der Waals surface area contributed by atoms with E-state index in [1.165, 1.54) is 0 Å². The molecule has 0 aliphatic carbocycles. The number of hydrogen-bond donors (Lipinski definition) is 2. The number of hydrogen-bond acceptors (Lipinski definition) is 2. The molecular weight excluding hydrogens is 220 g/mol. The molecule has 2 rings (SSSR count). The molecule has 0 spiro atoms. The van der Waals surface area contributed by atoms with Gasteiger partial charge in [-0.25, -0.2) is 0 Å². The summed E-state index contributed by atoms with van der Waals surface area (Å²) in [6.45, 7) is 4.08. The van der Waals surface area contributed by atoms with Crippen molar-refractivity contribution in [2.75, 3.05) is 7.11 Å². The molecule has 0 radical (unpaired) electrons. The zero-order valence-electron chi connectivity index (χ0n) is 9.55. The summed E-state index contributed by atoms with van der Waals surface area (Å²) in [4.78, 5) is 6.07. The van der Waals surface area contributed by atoms with Gasteiger partial charge in [-0.2, -0.15) is 0 Å². The van der Waals surface area contributed by atoms with Crippen molar-refractivity contribution in [3.8, 4) is 17.0 Å². The van der Waals surface area contributed by atoms with Crippen LogP contribution in [-0.2, 0) is 0 Å². The molecule has 1 aromatic heterocycles. The van der Waals surface area contributed by atoms with Gasteiger partial charge in [0.2, 0.25) is 0 Å². The monoisotopic (exact) mass is 234 g/mol. The van der Waals surface area contributed by atoms with E-state index in [1.54, 1.807) is 7.11 Å². The first-order valence-corrected chi connectivity index (χ1v) is 5.46. The van der Waals surface area contributed by atoms with Crippen LogP contribution in [0.25, 0.3) is 11.3 Å². The lowest BCUT2D eigenvalue weighted by atomic mass is 10.0. The highest BCUT2D eigenvalue weighted by molar-refractivity contribution is 7.71. The lowest BCUT2D eigenvalue weighted by Gasteiger charge is -2.10. The number of methoxy groups -OCH3 is 1. The van der Waals surface area contributed by atoms with Gasteiger partial charge in [-0.3, -0.25) is 0 Å². The Kier molecular flexibility index (Phi) is 2.83. The van der Waals surface area contributed by atoms with Crippen molar-refractivity contribution in [2.45, 2.75) is 13.8 Å². The van der Waals surface area contributed by atoms with Gasteiger partial charge in [0, 0.05) is 11.8 Å². The van der Waals surface area contributed by atoms with E-state index in [0.717, 1.165) is 28.1 Å². The van der Waals surface area contributed by atoms with Gasteiger partial charge in [0.1, 0.15) is 5.75 Å². The highest BCUT2D eigenvalue weighted by Gasteiger charge is 2.07. The molecule has 1 aromatic carbocycles. The van der Waals surface area contributed by atoms with E-state index in [4.69, 9.17) is 17.0 Å². The van der Waals surface area contributed by atoms with Gasteiger partial charge >= 0.3 is 0 Å². The van der Waals surface area contributed by atoms with Crippen molar-refractivity contribution in [2.24, 2.45) is 0 Å². The second-order valence-electron chi connectivity index (χ2n) is 3.80. The quantitative estimate of drug-likeness (QED) is 0.782. The molecule has 4 heteroatoms. The van der Waals surface area contributed by atoms with Crippen molar-refractivity contribution in [1.82, 2.24) is 9.97 Å². The molecular formula is C12H14N2OS. The number of aryl methyl sites for hydroxylation is 2. The van der Waals surface area contributed by atoms with E-state index < -0.39 is 0 Å². The fourth-order valence-electron chi connectivity index (χ4n) is 1.92. The topological polar surface area (TPSA) is 40.8 Å². The summed E-state index contributed by atoms with van der Waals surface area (Å²) < 4.78 is 5.97. The zero-order chi connectivity index (χ0) is 11.7. The standard InChI is InChI=1S/C12H14N2OS/c1-7-4-9(5-8(2)11(7)15-3)10-6-13-12(16)14-10/h4-6H,1-3H3,(H2,13,14,16). The minimum Gasteiger partial charge on any atom is -0.496 e. The molecule has 3 nitrogen and oxygen atoms in total. The van der Waals surface area contributed by atoms with Crippen LogP contribution in [0.1, 0.15) is 11.1 Å². The Hall–Kier alpha value is -1.55. The van der Waals surface area contributed by atoms with Gasteiger partial charge in [-0.15, -0.1) is 0 Å². The van der Waals surface area contributed by atoms with Crippen molar-refractivity contribution in [3.63, 3.8) is 0 Å². The van der Waals surface area contributed by atoms with Crippen molar-refractivity contribution in [3.05, 3.63) is 34.2 Å². The number of ether oxygens (including phenoxy) is 1. The SMILES string of the molecule is COc1c(C)cc(-c2c[nH]c(=S)[nH]2)cc1C. The minimum absolute atomic E-state index is 0.640. The third-order valence-electron chi connectivity index (χ3n) is 2.57. The molecule has 0 saturated carbocycles. The molecule has 0 amide bonds. The first-order chi connectivity index (χ1) is 7.61. The summed E-state index contributed by atoms with van der Waals surface area (Å²) in [5.74, 6) is 0.942. The number of H-pyrrole nitrogens is 2. The molecule has 0 aliphatic rings. The van der Waals surface area contributed by atoms with Crippen LogP contribution in [0.3, 0.4) is 0 Å². The zero-order valence-corrected chi connectivity index (χ0v) is 10.4. The van der Waals surface area contributed by atoms with Crippen molar-refractivity contribution < 1.29 is 4.74 Å². The molecule has 16 heavy (non-hydrogen) atoms. The summed E-state index contributed by atoms with van der Waals surface area (Å²) in [6, 6.07) is 4.17. The van der Waals surface area contributed by atoms with Gasteiger partial charge in [0.15, 0.2) is 4.77 Å². The summed E-state index contributed by atoms with van der Waals surface area (Å²) in [5.41, 5.74) is 4.36. The second kappa shape index (κ2) is 4.14. The van der Waals surface area contributed by atoms with Crippen molar-refractivity contribution >= 4 is 12.2 Å². The number of nitrogens with one attached hydrogen (secondary N) is 2. The Balaban J connectivity index is 2.56. The van der Waals surface area contributed by atoms with Crippen LogP contribution in [0.2, 0.25) is 0 Å². The van der Waals surface area contributed by atoms with Crippen molar-refractivity contribution in [1.29, 1.82) is 0 Å². The fourth-order valence-corrected chi connectivity index (χ4v) is 2.08. The Bertz CT molecular complexity index is 545. The number of rotatable bonds is 2. The summed E-state index contributed by atoms with van der Waals surface area (Å²) in [6.07, 6.45) is 1.88. The number of imidazole rings is 1. The molecule has 2 aromatic rings. The molecule has 0 saturated heterocycles. The molecule has 1 heterocycles. The van der Waals surface area contributed by atoms with Crippen LogP contribution in [0.4, 0.5) is 0 Å². The molecule has 0 bridgehead atoms. The molecule has 0 unspecified atom stereocenters. The smallest absolute Gasteiger partial charge is 0.174 e. The maximum atomic E-state index is 5.33. The maximum absolute atomic E-state index is 5.33. The molecule has 0 atom stereocenters. The molecule has 84 valence electrons. The predicted octanol–water partition coefficient (Wildman–Crippen LogP) is 3.36. The van der Waals surface area contributed by atoms with Crippen LogP contribution < -0.4 is 4.74 Å². The predicted molar refractivity (Wildman–Crippen MR) is 67.4 cm³/mol. The normalized spacial score (nSPS) is 10.4. The average Bonchev–Trinajstić information content (AvgIpc) is 2.64. The van der Waals surface area contributed by atoms with E-state index in [-0.39, 0.29) is 0 Å². The van der Waals surface area contributed by atoms with Crippen LogP contribution in [-0.4, -0.2) is 17.1 Å². The second-order valence-corrected chi connectivity index (χ2v) is 4.21. The first kappa shape index (κ1) is 11.0. The maximum Gasteiger partial charge on any atom is 0.174 e. The molecule has 0 aliphatic heterocycles. The Morgan fingerprint density at radius 3 is 2.25 bits per heavy atom. The number of benzene rings is 1. The van der Waals surface area contributed by atoms with E-state index in [2.05, 4.69) is 22.1 Å². The first-order valence-electron chi connectivity index (χ1n) is 5.05. The van der Waals surface area contributed by atoms with Gasteiger partial charge in [0.25, 0.3) is 0 Å². The minimum atomic E-state index is 0.640. The Labute approximate surface area is 99.5 Å². The number of aromatic amines is 2. The lowest BCUT2D eigenvalue weighted by Crippen LogP contribution is -1.92. The Morgan fingerprint density at radius 2 is 1.81 bits per heavy atom. The molecule has 2 N–H and O–H groups in total. The third-order valence-corrected chi connectivity index (χ3v) is 2.79. The average molecular weight is 234 g/mol. The van der Waals surface area contributed by atoms with Crippen LogP contribution in [0, 0.1) is 18.6 Å². The van der Waals surface area contributed by atoms with Gasteiger partial charge in [-0.05, 0) is 49.3 Å². The van der Waals surface area contributed by atoms with Crippen LogP contribution in [0.15, 0.2) is 18.3 Å². The summed E-state index contributed by atoms with van der Waals surface area (Å²) in [5, 5.41) is 0. The molecule has 0 fully saturated rings. The largest absolute Gasteiger partial charge is 0.496 e. The van der Waals surface area contributed by atoms with E-state index in [1.807, 2.05) is 20.0 Å². The lowest BCUT2D eigenvalue weighted by molar-refractivity contribution is 0.408. The van der Waals surface area contributed by atoms with E-state index in [9.17, 15) is 0 Å². The van der Waals surface area contributed by atoms with Gasteiger partial charge < -0.3 is 14.7 Å². The summed E-state index contributed by atoms with van der Waals surface area (Å²) >= 11 is 5.01. The summed E-state index contributed by atoms with van der Waals surface area (Å²) in [7, 11) is 1.69. The van der Waals surface area contributed by atoms with Crippen LogP contribution in [0.5, 0.6) is 5.75 Å². The van der Waals surface area contributed by atoms with Gasteiger partial charge in [-0.1, -0.05) is 0 Å². The van der Waals surface area contributed by atoms with Gasteiger partial charge in [0.05, 0.1) is 12.8 Å². The highest BCUT2D eigenvalue weighted by Crippen LogP contribution is 2.28. The van der Waals surface area contributed by atoms with E-state index >= 15 is 0 Å². The van der Waals surface area contributed by atoms with Crippen LogP contribution >= 0.6 is 12.2 Å². The van der Waals surface area contributed by atoms with E-state index in [0.29, 0.717) is 4.77 Å². The Morgan fingerprint density at radius 1 is 1.19 bits per heavy atom. The highest BCUT2D eigenvalue weighted by atomic mass is 32.1. The fraction of sp³-hybridized carbons (Fsp3) is 0.250.